The SMILES string of the molecule is Cc1cc(F)cc(C(=O)N2CC(N3CCNCC3)C2)c1. The van der Waals surface area contributed by atoms with Gasteiger partial charge >= 0.3 is 0 Å². The molecule has 0 radical (unpaired) electrons. The van der Waals surface area contributed by atoms with Gasteiger partial charge in [0.1, 0.15) is 5.82 Å². The molecule has 0 spiro atoms. The molecule has 5 heteroatoms. The Hall–Kier alpha value is -1.46. The summed E-state index contributed by atoms with van der Waals surface area (Å²) in [4.78, 5) is 16.5. The molecule has 108 valence electrons. The van der Waals surface area contributed by atoms with Gasteiger partial charge in [0.05, 0.1) is 0 Å². The first-order chi connectivity index (χ1) is 9.63. The number of halogens is 1. The van der Waals surface area contributed by atoms with E-state index in [0.717, 1.165) is 44.8 Å². The second-order valence-corrected chi connectivity index (χ2v) is 5.67. The van der Waals surface area contributed by atoms with Crippen molar-refractivity contribution in [3.05, 3.63) is 35.1 Å². The van der Waals surface area contributed by atoms with Crippen LogP contribution in [0.15, 0.2) is 18.2 Å². The zero-order valence-electron chi connectivity index (χ0n) is 11.7. The number of hydrogen-bond donors (Lipinski definition) is 1. The Labute approximate surface area is 118 Å². The minimum atomic E-state index is -0.340. The number of benzene rings is 1. The maximum atomic E-state index is 13.4. The van der Waals surface area contributed by atoms with Crippen LogP contribution in [0.3, 0.4) is 0 Å². The van der Waals surface area contributed by atoms with E-state index in [1.54, 1.807) is 17.9 Å². The molecule has 4 nitrogen and oxygen atoms in total. The van der Waals surface area contributed by atoms with Gasteiger partial charge in [-0.25, -0.2) is 4.39 Å². The molecule has 2 aliphatic heterocycles. The number of rotatable bonds is 2. The highest BCUT2D eigenvalue weighted by Crippen LogP contribution is 2.19. The molecule has 3 rings (SSSR count). The molecule has 20 heavy (non-hydrogen) atoms. The van der Waals surface area contributed by atoms with Gasteiger partial charge in [0.25, 0.3) is 5.91 Å². The van der Waals surface area contributed by atoms with Gasteiger partial charge in [0.2, 0.25) is 0 Å². The number of hydrogen-bond acceptors (Lipinski definition) is 3. The molecular formula is C15H20FN3O. The van der Waals surface area contributed by atoms with Crippen molar-refractivity contribution in [2.75, 3.05) is 39.3 Å². The van der Waals surface area contributed by atoms with Crippen LogP contribution in [0.5, 0.6) is 0 Å². The van der Waals surface area contributed by atoms with Crippen LogP contribution in [-0.4, -0.2) is 61.0 Å². The second kappa shape index (κ2) is 5.50. The second-order valence-electron chi connectivity index (χ2n) is 5.67. The van der Waals surface area contributed by atoms with Crippen LogP contribution in [0.2, 0.25) is 0 Å². The molecule has 2 aliphatic rings. The van der Waals surface area contributed by atoms with Crippen LogP contribution in [0.25, 0.3) is 0 Å². The lowest BCUT2D eigenvalue weighted by atomic mass is 10.0. The average molecular weight is 277 g/mol. The van der Waals surface area contributed by atoms with E-state index >= 15 is 0 Å². The topological polar surface area (TPSA) is 35.6 Å². The molecule has 0 bridgehead atoms. The molecule has 0 atom stereocenters. The van der Waals surface area contributed by atoms with Crippen molar-refractivity contribution in [2.45, 2.75) is 13.0 Å². The molecule has 2 fully saturated rings. The van der Waals surface area contributed by atoms with E-state index in [0.29, 0.717) is 11.6 Å². The van der Waals surface area contributed by atoms with Gasteiger partial charge in [0, 0.05) is 50.9 Å². The molecule has 1 N–H and O–H groups in total. The lowest BCUT2D eigenvalue weighted by Crippen LogP contribution is -2.63. The molecule has 0 aliphatic carbocycles. The van der Waals surface area contributed by atoms with E-state index < -0.39 is 0 Å². The molecule has 1 aromatic rings. The third-order valence-corrected chi connectivity index (χ3v) is 4.11. The molecule has 0 saturated carbocycles. The van der Waals surface area contributed by atoms with Crippen molar-refractivity contribution in [1.29, 1.82) is 0 Å². The standard InChI is InChI=1S/C15H20FN3O/c1-11-6-12(8-13(16)7-11)15(20)19-9-14(10-19)18-4-2-17-3-5-18/h6-8,14,17H,2-5,9-10H2,1H3. The normalized spacial score (nSPS) is 20.8. The first-order valence-corrected chi connectivity index (χ1v) is 7.15. The highest BCUT2D eigenvalue weighted by Gasteiger charge is 2.35. The molecule has 0 aromatic heterocycles. The number of carbonyl (C=O) groups excluding carboxylic acids is 1. The summed E-state index contributed by atoms with van der Waals surface area (Å²) in [6.07, 6.45) is 0. The largest absolute Gasteiger partial charge is 0.335 e. The smallest absolute Gasteiger partial charge is 0.254 e. The maximum Gasteiger partial charge on any atom is 0.254 e. The fourth-order valence-corrected chi connectivity index (χ4v) is 2.94. The van der Waals surface area contributed by atoms with Crippen LogP contribution in [0.4, 0.5) is 4.39 Å². The molecule has 1 amide bonds. The predicted octanol–water partition coefficient (Wildman–Crippen LogP) is 0.864. The highest BCUT2D eigenvalue weighted by atomic mass is 19.1. The predicted molar refractivity (Wildman–Crippen MR) is 75.3 cm³/mol. The summed E-state index contributed by atoms with van der Waals surface area (Å²) in [7, 11) is 0. The highest BCUT2D eigenvalue weighted by molar-refractivity contribution is 5.95. The molecule has 1 aromatic carbocycles. The summed E-state index contributed by atoms with van der Waals surface area (Å²) < 4.78 is 13.4. The number of carbonyl (C=O) groups is 1. The van der Waals surface area contributed by atoms with Crippen molar-refractivity contribution in [3.63, 3.8) is 0 Å². The lowest BCUT2D eigenvalue weighted by molar-refractivity contribution is 0.0227. The van der Waals surface area contributed by atoms with Crippen LogP contribution in [0.1, 0.15) is 15.9 Å². The zero-order chi connectivity index (χ0) is 14.1. The van der Waals surface area contributed by atoms with Crippen molar-refractivity contribution < 1.29 is 9.18 Å². The van der Waals surface area contributed by atoms with Crippen LogP contribution in [-0.2, 0) is 0 Å². The van der Waals surface area contributed by atoms with Gasteiger partial charge in [-0.05, 0) is 30.7 Å². The summed E-state index contributed by atoms with van der Waals surface area (Å²) >= 11 is 0. The van der Waals surface area contributed by atoms with Crippen molar-refractivity contribution >= 4 is 5.91 Å². The van der Waals surface area contributed by atoms with E-state index in [1.165, 1.54) is 12.1 Å². The van der Waals surface area contributed by atoms with E-state index in [4.69, 9.17) is 0 Å². The molecular weight excluding hydrogens is 257 g/mol. The van der Waals surface area contributed by atoms with E-state index in [9.17, 15) is 9.18 Å². The minimum Gasteiger partial charge on any atom is -0.335 e. The number of aryl methyl sites for hydroxylation is 1. The quantitative estimate of drug-likeness (QED) is 0.871. The molecule has 0 unspecified atom stereocenters. The Kier molecular flexibility index (Phi) is 3.72. The first kappa shape index (κ1) is 13.5. The summed E-state index contributed by atoms with van der Waals surface area (Å²) in [5, 5.41) is 3.33. The Morgan fingerprint density at radius 1 is 1.25 bits per heavy atom. The fourth-order valence-electron chi connectivity index (χ4n) is 2.94. The van der Waals surface area contributed by atoms with Gasteiger partial charge < -0.3 is 10.2 Å². The fraction of sp³-hybridized carbons (Fsp3) is 0.533. The number of nitrogens with zero attached hydrogens (tertiary/aromatic N) is 2. The van der Waals surface area contributed by atoms with Crippen LogP contribution >= 0.6 is 0 Å². The van der Waals surface area contributed by atoms with Gasteiger partial charge in [-0.2, -0.15) is 0 Å². The third kappa shape index (κ3) is 2.69. The van der Waals surface area contributed by atoms with Gasteiger partial charge in [-0.15, -0.1) is 0 Å². The van der Waals surface area contributed by atoms with Crippen molar-refractivity contribution in [2.24, 2.45) is 0 Å². The van der Waals surface area contributed by atoms with Crippen molar-refractivity contribution in [1.82, 2.24) is 15.1 Å². The van der Waals surface area contributed by atoms with Gasteiger partial charge in [-0.1, -0.05) is 0 Å². The van der Waals surface area contributed by atoms with Gasteiger partial charge in [0.15, 0.2) is 0 Å². The monoisotopic (exact) mass is 277 g/mol. The summed E-state index contributed by atoms with van der Waals surface area (Å²) in [5.41, 5.74) is 1.24. The average Bonchev–Trinajstić information content (AvgIpc) is 2.37. The number of nitrogens with one attached hydrogen (secondary N) is 1. The summed E-state index contributed by atoms with van der Waals surface area (Å²) in [5.74, 6) is -0.397. The number of amides is 1. The Morgan fingerprint density at radius 2 is 1.95 bits per heavy atom. The van der Waals surface area contributed by atoms with E-state index in [-0.39, 0.29) is 11.7 Å². The van der Waals surface area contributed by atoms with Crippen LogP contribution < -0.4 is 5.32 Å². The van der Waals surface area contributed by atoms with E-state index in [1.807, 2.05) is 0 Å². The Balaban J connectivity index is 1.60. The lowest BCUT2D eigenvalue weighted by Gasteiger charge is -2.46. The zero-order valence-corrected chi connectivity index (χ0v) is 11.7. The maximum absolute atomic E-state index is 13.4. The van der Waals surface area contributed by atoms with Crippen LogP contribution in [0, 0.1) is 12.7 Å². The molecule has 2 heterocycles. The first-order valence-electron chi connectivity index (χ1n) is 7.15. The molecule has 2 saturated heterocycles. The summed E-state index contributed by atoms with van der Waals surface area (Å²) in [6, 6.07) is 4.99. The Bertz CT molecular complexity index is 488. The van der Waals surface area contributed by atoms with Gasteiger partial charge in [-0.3, -0.25) is 9.69 Å². The summed E-state index contributed by atoms with van der Waals surface area (Å²) in [6.45, 7) is 7.46. The number of likely N-dealkylation sites (tertiary alicyclic amines) is 1. The Morgan fingerprint density at radius 3 is 2.60 bits per heavy atom. The van der Waals surface area contributed by atoms with E-state index in [2.05, 4.69) is 10.2 Å². The third-order valence-electron chi connectivity index (χ3n) is 4.11. The number of piperazine rings is 1. The van der Waals surface area contributed by atoms with Crippen molar-refractivity contribution in [3.8, 4) is 0 Å². The minimum absolute atomic E-state index is 0.0565.